The highest BCUT2D eigenvalue weighted by molar-refractivity contribution is 7.53. The first-order valence-corrected chi connectivity index (χ1v) is 6.37. The van der Waals surface area contributed by atoms with E-state index >= 15 is 0 Å². The van der Waals surface area contributed by atoms with E-state index in [9.17, 15) is 19.4 Å². The molecule has 0 spiro atoms. The van der Waals surface area contributed by atoms with Gasteiger partial charge in [-0.2, -0.15) is 0 Å². The van der Waals surface area contributed by atoms with Gasteiger partial charge in [0.05, 0.1) is 6.61 Å². The average Bonchev–Trinajstić information content (AvgIpc) is 2.43. The minimum Gasteiger partial charge on any atom is -0.481 e. The second kappa shape index (κ2) is 5.40. The molecule has 1 saturated heterocycles. The van der Waals surface area contributed by atoms with E-state index in [-0.39, 0.29) is 0 Å². The smallest absolute Gasteiger partial charge is 0.339 e. The summed E-state index contributed by atoms with van der Waals surface area (Å²) in [6.07, 6.45) is -7.12. The molecule has 0 aromatic heterocycles. The molecule has 17 heavy (non-hydrogen) atoms. The number of aliphatic hydroxyl groups is 3. The number of carboxylic acids is 1. The molecule has 1 aliphatic heterocycles. The third-order valence-corrected chi connectivity index (χ3v) is 3.35. The normalized spacial score (nSPS) is 36.7. The summed E-state index contributed by atoms with van der Waals surface area (Å²) in [4.78, 5) is 19.5. The molecule has 0 bridgehead atoms. The van der Waals surface area contributed by atoms with Crippen molar-refractivity contribution < 1.29 is 43.9 Å². The van der Waals surface area contributed by atoms with Crippen molar-refractivity contribution in [1.82, 2.24) is 0 Å². The maximum absolute atomic E-state index is 11.3. The van der Waals surface area contributed by atoms with Crippen LogP contribution in [-0.4, -0.2) is 68.7 Å². The number of aliphatic hydroxyl groups excluding tert-OH is 3. The summed E-state index contributed by atoms with van der Waals surface area (Å²) < 4.78 is 20.5. The molecule has 0 aromatic rings. The van der Waals surface area contributed by atoms with E-state index in [0.29, 0.717) is 0 Å². The summed E-state index contributed by atoms with van der Waals surface area (Å²) in [7, 11) is -4.47. The minimum absolute atomic E-state index is 0.661. The predicted octanol–water partition coefficient (Wildman–Crippen LogP) is -2.29. The van der Waals surface area contributed by atoms with Crippen LogP contribution in [0.3, 0.4) is 0 Å². The lowest BCUT2D eigenvalue weighted by atomic mass is 10.1. The standard InChI is InChI=1S/C7H13O9P/c8-1-3-6(5(11)7(12)15-3)16-17(13,14)2-4(9)10/h3,5-8,11-12H,1-2H2,(H,9,10)(H,13,14)/t3-,5?,6?,7-/m1/s1. The summed E-state index contributed by atoms with van der Waals surface area (Å²) in [5, 5.41) is 35.7. The van der Waals surface area contributed by atoms with E-state index < -0.39 is 50.9 Å². The van der Waals surface area contributed by atoms with E-state index in [1.807, 2.05) is 0 Å². The SMILES string of the molecule is O=C(O)CP(=O)(O)OC1C(O)[C@H](O)O[C@@H]1CO. The highest BCUT2D eigenvalue weighted by atomic mass is 31.2. The minimum atomic E-state index is -4.47. The monoisotopic (exact) mass is 272 g/mol. The van der Waals surface area contributed by atoms with E-state index in [1.54, 1.807) is 0 Å². The average molecular weight is 272 g/mol. The number of aliphatic carboxylic acids is 1. The van der Waals surface area contributed by atoms with Gasteiger partial charge in [-0.3, -0.25) is 13.9 Å². The molecule has 3 unspecified atom stereocenters. The zero-order chi connectivity index (χ0) is 13.2. The fourth-order valence-electron chi connectivity index (χ4n) is 1.39. The van der Waals surface area contributed by atoms with Crippen LogP contribution in [0.4, 0.5) is 0 Å². The highest BCUT2D eigenvalue weighted by Crippen LogP contribution is 2.45. The van der Waals surface area contributed by atoms with Crippen molar-refractivity contribution in [3.05, 3.63) is 0 Å². The quantitative estimate of drug-likeness (QED) is 0.348. The number of carbonyl (C=O) groups is 1. The van der Waals surface area contributed by atoms with E-state index in [1.165, 1.54) is 0 Å². The summed E-state index contributed by atoms with van der Waals surface area (Å²) in [5.74, 6) is -1.55. The zero-order valence-electron chi connectivity index (χ0n) is 8.54. The van der Waals surface area contributed by atoms with Crippen molar-refractivity contribution in [3.8, 4) is 0 Å². The molecule has 100 valence electrons. The molecule has 9 nitrogen and oxygen atoms in total. The Morgan fingerprint density at radius 2 is 2.00 bits per heavy atom. The zero-order valence-corrected chi connectivity index (χ0v) is 9.43. The third-order valence-electron chi connectivity index (χ3n) is 2.11. The molecular formula is C7H13O9P. The Kier molecular flexibility index (Phi) is 4.62. The topological polar surface area (TPSA) is 154 Å². The molecule has 1 fully saturated rings. The number of hydrogen-bond acceptors (Lipinski definition) is 7. The first-order valence-electron chi connectivity index (χ1n) is 4.61. The first kappa shape index (κ1) is 14.5. The third kappa shape index (κ3) is 3.71. The van der Waals surface area contributed by atoms with E-state index in [2.05, 4.69) is 9.26 Å². The maximum atomic E-state index is 11.3. The number of rotatable bonds is 5. The van der Waals surface area contributed by atoms with Gasteiger partial charge in [0.15, 0.2) is 6.29 Å². The van der Waals surface area contributed by atoms with Gasteiger partial charge in [-0.25, -0.2) is 0 Å². The van der Waals surface area contributed by atoms with Crippen LogP contribution < -0.4 is 0 Å². The van der Waals surface area contributed by atoms with Gasteiger partial charge in [-0.05, 0) is 0 Å². The molecule has 5 N–H and O–H groups in total. The van der Waals surface area contributed by atoms with Crippen molar-refractivity contribution in [2.24, 2.45) is 0 Å². The van der Waals surface area contributed by atoms with Gasteiger partial charge in [-0.15, -0.1) is 0 Å². The van der Waals surface area contributed by atoms with Crippen LogP contribution in [0.5, 0.6) is 0 Å². The summed E-state index contributed by atoms with van der Waals surface area (Å²) >= 11 is 0. The molecule has 0 aromatic carbocycles. The molecule has 5 atom stereocenters. The Morgan fingerprint density at radius 3 is 2.47 bits per heavy atom. The van der Waals surface area contributed by atoms with Crippen molar-refractivity contribution in [2.45, 2.75) is 24.6 Å². The molecule has 1 aliphatic rings. The summed E-state index contributed by atoms with van der Waals surface area (Å²) in [5.41, 5.74) is 0. The molecule has 1 rings (SSSR count). The lowest BCUT2D eigenvalue weighted by Crippen LogP contribution is -2.36. The number of hydrogen-bond donors (Lipinski definition) is 5. The van der Waals surface area contributed by atoms with Gasteiger partial charge >= 0.3 is 13.6 Å². The largest absolute Gasteiger partial charge is 0.481 e. The van der Waals surface area contributed by atoms with Gasteiger partial charge in [0, 0.05) is 0 Å². The summed E-state index contributed by atoms with van der Waals surface area (Å²) in [6, 6.07) is 0. The molecule has 0 saturated carbocycles. The Bertz CT molecular complexity index is 331. The lowest BCUT2D eigenvalue weighted by Gasteiger charge is -2.21. The predicted molar refractivity (Wildman–Crippen MR) is 51.2 cm³/mol. The Labute approximate surface area is 95.7 Å². The second-order valence-corrected chi connectivity index (χ2v) is 5.30. The molecular weight excluding hydrogens is 259 g/mol. The van der Waals surface area contributed by atoms with Crippen LogP contribution in [0, 0.1) is 0 Å². The van der Waals surface area contributed by atoms with Gasteiger partial charge in [0.25, 0.3) is 0 Å². The molecule has 0 radical (unpaired) electrons. The van der Waals surface area contributed by atoms with Crippen LogP contribution in [-0.2, 0) is 18.6 Å². The Morgan fingerprint density at radius 1 is 1.41 bits per heavy atom. The fraction of sp³-hybridized carbons (Fsp3) is 0.857. The van der Waals surface area contributed by atoms with E-state index in [4.69, 9.17) is 15.3 Å². The van der Waals surface area contributed by atoms with Crippen molar-refractivity contribution in [1.29, 1.82) is 0 Å². The van der Waals surface area contributed by atoms with Crippen LogP contribution in [0.25, 0.3) is 0 Å². The molecule has 0 amide bonds. The number of ether oxygens (including phenoxy) is 1. The highest BCUT2D eigenvalue weighted by Gasteiger charge is 2.46. The number of carboxylic acid groups (broad SMARTS) is 1. The van der Waals surface area contributed by atoms with Crippen LogP contribution in [0.15, 0.2) is 0 Å². The Balaban J connectivity index is 2.72. The van der Waals surface area contributed by atoms with Gasteiger partial charge in [0.2, 0.25) is 0 Å². The van der Waals surface area contributed by atoms with Crippen molar-refractivity contribution in [3.63, 3.8) is 0 Å². The summed E-state index contributed by atoms with van der Waals surface area (Å²) in [6.45, 7) is -0.661. The second-order valence-electron chi connectivity index (χ2n) is 3.50. The lowest BCUT2D eigenvalue weighted by molar-refractivity contribution is -0.134. The fourth-order valence-corrected chi connectivity index (χ4v) is 2.45. The van der Waals surface area contributed by atoms with E-state index in [0.717, 1.165) is 0 Å². The Hall–Kier alpha value is -0.540. The van der Waals surface area contributed by atoms with Gasteiger partial charge < -0.3 is 30.1 Å². The molecule has 0 aliphatic carbocycles. The van der Waals surface area contributed by atoms with Crippen LogP contribution in [0.2, 0.25) is 0 Å². The van der Waals surface area contributed by atoms with Crippen LogP contribution in [0.1, 0.15) is 0 Å². The maximum Gasteiger partial charge on any atom is 0.339 e. The van der Waals surface area contributed by atoms with Crippen molar-refractivity contribution >= 4 is 13.6 Å². The van der Waals surface area contributed by atoms with Gasteiger partial charge in [-0.1, -0.05) is 0 Å². The van der Waals surface area contributed by atoms with Crippen LogP contribution >= 0.6 is 7.60 Å². The van der Waals surface area contributed by atoms with Gasteiger partial charge in [0.1, 0.15) is 24.5 Å². The first-order chi connectivity index (χ1) is 7.76. The molecule has 1 heterocycles. The van der Waals surface area contributed by atoms with Crippen molar-refractivity contribution in [2.75, 3.05) is 12.8 Å². The molecule has 10 heteroatoms.